The number of likely N-dealkylation sites (N-methyl/N-ethyl adjacent to an activating group) is 1. The number of rotatable bonds is 2. The molecule has 0 aliphatic carbocycles. The van der Waals surface area contributed by atoms with Crippen LogP contribution in [-0.2, 0) is 24.2 Å². The lowest BCUT2D eigenvalue weighted by Crippen LogP contribution is -2.36. The molecular weight excluding hydrogens is 226 g/mol. The fourth-order valence-corrected chi connectivity index (χ4v) is 2.68. The first-order valence-electron chi connectivity index (χ1n) is 6.77. The summed E-state index contributed by atoms with van der Waals surface area (Å²) in [6.45, 7) is 6.90. The van der Waals surface area contributed by atoms with Gasteiger partial charge in [-0.25, -0.2) is 0 Å². The molecule has 2 aliphatic rings. The Hall–Kier alpha value is -0.970. The van der Waals surface area contributed by atoms with Crippen LogP contribution in [0, 0.1) is 0 Å². The zero-order valence-corrected chi connectivity index (χ0v) is 11.1. The zero-order chi connectivity index (χ0) is 12.4. The third-order valence-electron chi connectivity index (χ3n) is 3.79. The van der Waals surface area contributed by atoms with Crippen molar-refractivity contribution < 1.29 is 4.74 Å². The lowest BCUT2D eigenvalue weighted by molar-refractivity contribution is 0.0336. The quantitative estimate of drug-likeness (QED) is 0.776. The molecule has 0 spiro atoms. The summed E-state index contributed by atoms with van der Waals surface area (Å²) in [5, 5.41) is 0. The van der Waals surface area contributed by atoms with Gasteiger partial charge >= 0.3 is 0 Å². The van der Waals surface area contributed by atoms with E-state index in [1.54, 1.807) is 0 Å². The number of fused-ring (bicyclic) bond motifs is 1. The van der Waals surface area contributed by atoms with Gasteiger partial charge in [-0.1, -0.05) is 6.07 Å². The van der Waals surface area contributed by atoms with E-state index in [1.807, 2.05) is 0 Å². The molecule has 0 atom stereocenters. The first-order chi connectivity index (χ1) is 8.81. The van der Waals surface area contributed by atoms with Gasteiger partial charge in [-0.05, 0) is 18.7 Å². The van der Waals surface area contributed by atoms with Gasteiger partial charge < -0.3 is 9.64 Å². The van der Waals surface area contributed by atoms with Crippen LogP contribution in [0.1, 0.15) is 17.0 Å². The number of aromatic nitrogens is 1. The summed E-state index contributed by atoms with van der Waals surface area (Å²) < 4.78 is 5.37. The molecule has 0 saturated carbocycles. The molecule has 3 heterocycles. The molecule has 1 saturated heterocycles. The number of pyridine rings is 1. The number of ether oxygens (including phenoxy) is 1. The summed E-state index contributed by atoms with van der Waals surface area (Å²) in [4.78, 5) is 9.61. The molecule has 18 heavy (non-hydrogen) atoms. The van der Waals surface area contributed by atoms with Crippen LogP contribution in [0.3, 0.4) is 0 Å². The molecule has 98 valence electrons. The molecular formula is C14H21N3O. The number of hydrogen-bond donors (Lipinski definition) is 0. The Morgan fingerprint density at radius 3 is 2.89 bits per heavy atom. The molecule has 4 nitrogen and oxygen atoms in total. The second-order valence-electron chi connectivity index (χ2n) is 5.28. The van der Waals surface area contributed by atoms with E-state index in [2.05, 4.69) is 29.0 Å². The van der Waals surface area contributed by atoms with Gasteiger partial charge in [0, 0.05) is 44.8 Å². The minimum atomic E-state index is 0.857. The van der Waals surface area contributed by atoms with Crippen LogP contribution in [-0.4, -0.2) is 54.7 Å². The second-order valence-corrected chi connectivity index (χ2v) is 5.28. The molecule has 0 amide bonds. The van der Waals surface area contributed by atoms with Crippen molar-refractivity contribution in [3.05, 3.63) is 29.1 Å². The van der Waals surface area contributed by atoms with Crippen LogP contribution >= 0.6 is 0 Å². The maximum Gasteiger partial charge on any atom is 0.0594 e. The fraction of sp³-hybridized carbons (Fsp3) is 0.643. The molecule has 0 unspecified atom stereocenters. The number of hydrogen-bond acceptors (Lipinski definition) is 4. The van der Waals surface area contributed by atoms with Crippen molar-refractivity contribution >= 4 is 0 Å². The maximum atomic E-state index is 5.37. The number of morpholine rings is 1. The second kappa shape index (κ2) is 5.34. The van der Waals surface area contributed by atoms with Crippen LogP contribution < -0.4 is 0 Å². The van der Waals surface area contributed by atoms with E-state index in [0.717, 1.165) is 52.4 Å². The molecule has 0 bridgehead atoms. The van der Waals surface area contributed by atoms with Gasteiger partial charge in [0.2, 0.25) is 0 Å². The Morgan fingerprint density at radius 2 is 2.06 bits per heavy atom. The summed E-state index contributed by atoms with van der Waals surface area (Å²) in [6, 6.07) is 4.45. The molecule has 2 aliphatic heterocycles. The molecule has 0 aromatic carbocycles. The van der Waals surface area contributed by atoms with Crippen LogP contribution in [0.15, 0.2) is 12.1 Å². The van der Waals surface area contributed by atoms with Crippen LogP contribution in [0.25, 0.3) is 0 Å². The topological polar surface area (TPSA) is 28.6 Å². The van der Waals surface area contributed by atoms with E-state index in [4.69, 9.17) is 9.72 Å². The number of nitrogens with zero attached hydrogens (tertiary/aromatic N) is 3. The van der Waals surface area contributed by atoms with Crippen molar-refractivity contribution in [2.24, 2.45) is 0 Å². The fourth-order valence-electron chi connectivity index (χ4n) is 2.68. The lowest BCUT2D eigenvalue weighted by Gasteiger charge is -2.27. The monoisotopic (exact) mass is 247 g/mol. The Kier molecular flexibility index (Phi) is 3.59. The maximum absolute atomic E-state index is 5.37. The third-order valence-corrected chi connectivity index (χ3v) is 3.79. The summed E-state index contributed by atoms with van der Waals surface area (Å²) in [5.74, 6) is 0. The van der Waals surface area contributed by atoms with E-state index >= 15 is 0 Å². The van der Waals surface area contributed by atoms with Crippen molar-refractivity contribution in [3.63, 3.8) is 0 Å². The lowest BCUT2D eigenvalue weighted by atomic mass is 10.1. The smallest absolute Gasteiger partial charge is 0.0594 e. The Labute approximate surface area is 109 Å². The average Bonchev–Trinajstić information content (AvgIpc) is 2.40. The summed E-state index contributed by atoms with van der Waals surface area (Å²) in [6.07, 6.45) is 1.09. The predicted molar refractivity (Wildman–Crippen MR) is 70.4 cm³/mol. The van der Waals surface area contributed by atoms with Gasteiger partial charge in [-0.15, -0.1) is 0 Å². The molecule has 1 fully saturated rings. The van der Waals surface area contributed by atoms with Crippen molar-refractivity contribution in [1.29, 1.82) is 0 Å². The zero-order valence-electron chi connectivity index (χ0n) is 11.1. The summed E-state index contributed by atoms with van der Waals surface area (Å²) >= 11 is 0. The highest BCUT2D eigenvalue weighted by molar-refractivity contribution is 5.25. The summed E-state index contributed by atoms with van der Waals surface area (Å²) in [5.41, 5.74) is 3.91. The van der Waals surface area contributed by atoms with Gasteiger partial charge in [0.15, 0.2) is 0 Å². The van der Waals surface area contributed by atoms with E-state index in [1.165, 1.54) is 17.0 Å². The minimum absolute atomic E-state index is 0.857. The molecule has 1 aromatic heterocycles. The first-order valence-corrected chi connectivity index (χ1v) is 6.77. The first kappa shape index (κ1) is 12.1. The third kappa shape index (κ3) is 2.71. The van der Waals surface area contributed by atoms with Crippen LogP contribution in [0.4, 0.5) is 0 Å². The highest BCUT2D eigenvalue weighted by Gasteiger charge is 2.16. The highest BCUT2D eigenvalue weighted by Crippen LogP contribution is 2.17. The standard InChI is InChI=1S/C14H21N3O/c1-16-5-4-14-12(10-16)2-3-13(15-14)11-17-6-8-18-9-7-17/h2-3H,4-11H2,1H3. The molecule has 3 rings (SSSR count). The Balaban J connectivity index is 1.69. The van der Waals surface area contributed by atoms with Gasteiger partial charge in [-0.3, -0.25) is 9.88 Å². The molecule has 0 radical (unpaired) electrons. The summed E-state index contributed by atoms with van der Waals surface area (Å²) in [7, 11) is 2.17. The van der Waals surface area contributed by atoms with Gasteiger partial charge in [0.05, 0.1) is 18.9 Å². The van der Waals surface area contributed by atoms with E-state index in [-0.39, 0.29) is 0 Å². The average molecular weight is 247 g/mol. The molecule has 4 heteroatoms. The van der Waals surface area contributed by atoms with Crippen molar-refractivity contribution in [2.45, 2.75) is 19.5 Å². The Morgan fingerprint density at radius 1 is 1.22 bits per heavy atom. The largest absolute Gasteiger partial charge is 0.379 e. The van der Waals surface area contributed by atoms with Gasteiger partial charge in [0.1, 0.15) is 0 Å². The van der Waals surface area contributed by atoms with Gasteiger partial charge in [0.25, 0.3) is 0 Å². The van der Waals surface area contributed by atoms with Gasteiger partial charge in [-0.2, -0.15) is 0 Å². The van der Waals surface area contributed by atoms with E-state index in [9.17, 15) is 0 Å². The van der Waals surface area contributed by atoms with Crippen LogP contribution in [0.5, 0.6) is 0 Å². The minimum Gasteiger partial charge on any atom is -0.379 e. The predicted octanol–water partition coefficient (Wildman–Crippen LogP) is 0.902. The van der Waals surface area contributed by atoms with E-state index < -0.39 is 0 Å². The highest BCUT2D eigenvalue weighted by atomic mass is 16.5. The van der Waals surface area contributed by atoms with E-state index in [0.29, 0.717) is 0 Å². The van der Waals surface area contributed by atoms with Crippen molar-refractivity contribution in [3.8, 4) is 0 Å². The van der Waals surface area contributed by atoms with Crippen molar-refractivity contribution in [1.82, 2.24) is 14.8 Å². The Bertz CT molecular complexity index is 416. The molecule has 0 N–H and O–H groups in total. The van der Waals surface area contributed by atoms with Crippen LogP contribution in [0.2, 0.25) is 0 Å². The SMILES string of the molecule is CN1CCc2nc(CN3CCOCC3)ccc2C1. The van der Waals surface area contributed by atoms with Crippen molar-refractivity contribution in [2.75, 3.05) is 39.9 Å². The normalized spacial score (nSPS) is 21.8. The molecule has 1 aromatic rings.